The Morgan fingerprint density at radius 3 is 2.73 bits per heavy atom. The lowest BCUT2D eigenvalue weighted by atomic mass is 10.1. The number of nitrogens with two attached hydrogens (primary N) is 1. The van der Waals surface area contributed by atoms with Gasteiger partial charge in [-0.25, -0.2) is 14.4 Å². The molecule has 1 aliphatic rings. The van der Waals surface area contributed by atoms with Crippen LogP contribution in [-0.2, 0) is 0 Å². The summed E-state index contributed by atoms with van der Waals surface area (Å²) in [6.45, 7) is 0. The van der Waals surface area contributed by atoms with Crippen molar-refractivity contribution in [3.05, 3.63) is 72.2 Å². The van der Waals surface area contributed by atoms with E-state index in [4.69, 9.17) is 10.2 Å². The highest BCUT2D eigenvalue weighted by Crippen LogP contribution is 2.35. The highest BCUT2D eigenvalue weighted by molar-refractivity contribution is 5.94. The molecule has 0 saturated heterocycles. The summed E-state index contributed by atoms with van der Waals surface area (Å²) in [6, 6.07) is 17.7. The second-order valence-electron chi connectivity index (χ2n) is 5.99. The fourth-order valence-corrected chi connectivity index (χ4v) is 3.20. The lowest BCUT2D eigenvalue weighted by Gasteiger charge is -2.21. The second kappa shape index (κ2) is 5.45. The van der Waals surface area contributed by atoms with Gasteiger partial charge in [0.15, 0.2) is 12.1 Å². The number of nitrogens with one attached hydrogen (secondary N) is 1. The molecule has 128 valence electrons. The van der Waals surface area contributed by atoms with Gasteiger partial charge in [-0.3, -0.25) is 9.88 Å². The minimum Gasteiger partial charge on any atom is -0.457 e. The summed E-state index contributed by atoms with van der Waals surface area (Å²) in [6.07, 6.45) is -0.515. The smallest absolute Gasteiger partial charge is 0.212 e. The standard InChI is InChI=1S/C19H14FN5O/c20-12-6-2-1-5-11(12)15-9-10-16(26-15)17-23-18(21)24-19-22-13-7-3-4-8-14(13)25(17)19/h1-10,17H,(H3,21,22,23,24)/t17-/m0/s1. The maximum absolute atomic E-state index is 14.1. The third-order valence-electron chi connectivity index (χ3n) is 4.36. The van der Waals surface area contributed by atoms with Crippen LogP contribution in [-0.4, -0.2) is 15.5 Å². The quantitative estimate of drug-likeness (QED) is 0.579. The highest BCUT2D eigenvalue weighted by Gasteiger charge is 2.27. The molecule has 0 amide bonds. The zero-order chi connectivity index (χ0) is 17.7. The number of aliphatic imine (C=N–C) groups is 1. The first-order chi connectivity index (χ1) is 12.7. The number of furan rings is 1. The summed E-state index contributed by atoms with van der Waals surface area (Å²) in [4.78, 5) is 9.01. The van der Waals surface area contributed by atoms with Gasteiger partial charge in [-0.05, 0) is 36.4 Å². The van der Waals surface area contributed by atoms with E-state index < -0.39 is 6.17 Å². The van der Waals surface area contributed by atoms with Crippen LogP contribution in [0.1, 0.15) is 11.9 Å². The van der Waals surface area contributed by atoms with Crippen LogP contribution in [0.2, 0.25) is 0 Å². The van der Waals surface area contributed by atoms with Gasteiger partial charge >= 0.3 is 0 Å². The zero-order valence-electron chi connectivity index (χ0n) is 13.6. The van der Waals surface area contributed by atoms with Gasteiger partial charge in [0, 0.05) is 0 Å². The van der Waals surface area contributed by atoms with Gasteiger partial charge in [0.05, 0.1) is 16.6 Å². The lowest BCUT2D eigenvalue weighted by Crippen LogP contribution is -2.31. The van der Waals surface area contributed by atoms with Crippen LogP contribution in [0.25, 0.3) is 22.4 Å². The van der Waals surface area contributed by atoms with E-state index in [1.54, 1.807) is 30.3 Å². The number of hydrogen-bond acceptors (Lipinski definition) is 5. The van der Waals surface area contributed by atoms with E-state index >= 15 is 0 Å². The summed E-state index contributed by atoms with van der Waals surface area (Å²) in [5.74, 6) is 1.50. The molecule has 0 spiro atoms. The van der Waals surface area contributed by atoms with Crippen LogP contribution in [0.15, 0.2) is 70.1 Å². The monoisotopic (exact) mass is 347 g/mol. The molecule has 7 heteroatoms. The molecule has 3 heterocycles. The van der Waals surface area contributed by atoms with E-state index in [1.165, 1.54) is 6.07 Å². The van der Waals surface area contributed by atoms with Gasteiger partial charge in [-0.1, -0.05) is 24.3 Å². The van der Waals surface area contributed by atoms with E-state index in [0.717, 1.165) is 11.0 Å². The van der Waals surface area contributed by atoms with Crippen molar-refractivity contribution in [3.8, 4) is 11.3 Å². The number of anilines is 1. The molecule has 1 aliphatic heterocycles. The fourth-order valence-electron chi connectivity index (χ4n) is 3.20. The Kier molecular flexibility index (Phi) is 3.08. The minimum atomic E-state index is -0.515. The Morgan fingerprint density at radius 1 is 1.04 bits per heavy atom. The topological polar surface area (TPSA) is 81.4 Å². The zero-order valence-corrected chi connectivity index (χ0v) is 13.6. The first-order valence-corrected chi connectivity index (χ1v) is 8.12. The van der Waals surface area contributed by atoms with Crippen molar-refractivity contribution >= 4 is 22.9 Å². The normalized spacial score (nSPS) is 16.2. The van der Waals surface area contributed by atoms with E-state index in [1.807, 2.05) is 28.8 Å². The highest BCUT2D eigenvalue weighted by atomic mass is 19.1. The Bertz CT molecular complexity index is 1160. The van der Waals surface area contributed by atoms with Crippen LogP contribution in [0.5, 0.6) is 0 Å². The molecule has 4 aromatic rings. The number of nitrogens with zero attached hydrogens (tertiary/aromatic N) is 3. The predicted molar refractivity (Wildman–Crippen MR) is 97.2 cm³/mol. The number of benzene rings is 2. The first-order valence-electron chi connectivity index (χ1n) is 8.12. The lowest BCUT2D eigenvalue weighted by molar-refractivity contribution is 0.447. The molecule has 5 rings (SSSR count). The van der Waals surface area contributed by atoms with E-state index in [0.29, 0.717) is 23.0 Å². The average Bonchev–Trinajstić information content (AvgIpc) is 3.26. The van der Waals surface area contributed by atoms with Crippen molar-refractivity contribution in [1.82, 2.24) is 9.55 Å². The molecule has 6 nitrogen and oxygen atoms in total. The summed E-state index contributed by atoms with van der Waals surface area (Å²) in [7, 11) is 0. The van der Waals surface area contributed by atoms with Gasteiger partial charge in [0.25, 0.3) is 0 Å². The first kappa shape index (κ1) is 14.7. The molecule has 2 aromatic carbocycles. The summed E-state index contributed by atoms with van der Waals surface area (Å²) in [5.41, 5.74) is 8.06. The third-order valence-corrected chi connectivity index (χ3v) is 4.36. The Morgan fingerprint density at radius 2 is 1.85 bits per heavy atom. The molecule has 1 atom stereocenters. The SMILES string of the molecule is NC1=N[C@H](c2ccc(-c3ccccc3F)o2)n2c(nc3ccccc32)N1. The number of imidazole rings is 1. The maximum atomic E-state index is 14.1. The molecule has 26 heavy (non-hydrogen) atoms. The molecule has 0 saturated carbocycles. The second-order valence-corrected chi connectivity index (χ2v) is 5.99. The fraction of sp³-hybridized carbons (Fsp3) is 0.0526. The maximum Gasteiger partial charge on any atom is 0.212 e. The number of hydrogen-bond donors (Lipinski definition) is 2. The Labute approximate surface area is 147 Å². The number of guanidine groups is 1. The molecule has 0 radical (unpaired) electrons. The van der Waals surface area contributed by atoms with E-state index in [9.17, 15) is 4.39 Å². The molecule has 2 aromatic heterocycles. The number of halogens is 1. The van der Waals surface area contributed by atoms with Crippen molar-refractivity contribution in [2.75, 3.05) is 5.32 Å². The number of fused-ring (bicyclic) bond motifs is 3. The predicted octanol–water partition coefficient (Wildman–Crippen LogP) is 3.72. The summed E-state index contributed by atoms with van der Waals surface area (Å²) < 4.78 is 21.9. The third kappa shape index (κ3) is 2.17. The molecule has 3 N–H and O–H groups in total. The van der Waals surface area contributed by atoms with Gasteiger partial charge in [0.1, 0.15) is 17.3 Å². The summed E-state index contributed by atoms with van der Waals surface area (Å²) in [5, 5.41) is 2.97. The average molecular weight is 347 g/mol. The minimum absolute atomic E-state index is 0.252. The van der Waals surface area contributed by atoms with Crippen molar-refractivity contribution in [3.63, 3.8) is 0 Å². The largest absolute Gasteiger partial charge is 0.457 e. The van der Waals surface area contributed by atoms with Crippen LogP contribution in [0.3, 0.4) is 0 Å². The van der Waals surface area contributed by atoms with Crippen molar-refractivity contribution in [1.29, 1.82) is 0 Å². The van der Waals surface area contributed by atoms with Crippen molar-refractivity contribution in [2.24, 2.45) is 10.7 Å². The van der Waals surface area contributed by atoms with Gasteiger partial charge in [-0.2, -0.15) is 0 Å². The molecular weight excluding hydrogens is 333 g/mol. The molecule has 0 fully saturated rings. The number of rotatable bonds is 2. The number of aromatic nitrogens is 2. The van der Waals surface area contributed by atoms with Gasteiger partial charge in [-0.15, -0.1) is 0 Å². The molecular formula is C19H14FN5O. The van der Waals surface area contributed by atoms with Crippen molar-refractivity contribution in [2.45, 2.75) is 6.17 Å². The Hall–Kier alpha value is -3.61. The van der Waals surface area contributed by atoms with Crippen LogP contribution in [0.4, 0.5) is 10.3 Å². The summed E-state index contributed by atoms with van der Waals surface area (Å²) >= 11 is 0. The van der Waals surface area contributed by atoms with Crippen LogP contribution in [0, 0.1) is 5.82 Å². The molecule has 0 unspecified atom stereocenters. The van der Waals surface area contributed by atoms with Crippen molar-refractivity contribution < 1.29 is 8.81 Å². The van der Waals surface area contributed by atoms with Crippen LogP contribution >= 0.6 is 0 Å². The molecule has 0 bridgehead atoms. The van der Waals surface area contributed by atoms with E-state index in [-0.39, 0.29) is 11.8 Å². The number of para-hydroxylation sites is 2. The van der Waals surface area contributed by atoms with Crippen LogP contribution < -0.4 is 11.1 Å². The molecule has 0 aliphatic carbocycles. The van der Waals surface area contributed by atoms with E-state index in [2.05, 4.69) is 15.3 Å². The van der Waals surface area contributed by atoms with Gasteiger partial charge in [0.2, 0.25) is 5.95 Å². The Balaban J connectivity index is 1.65. The van der Waals surface area contributed by atoms with Gasteiger partial charge < -0.3 is 10.2 Å².